The lowest BCUT2D eigenvalue weighted by Crippen LogP contribution is -2.15. The molecule has 0 saturated carbocycles. The molecule has 2 heteroatoms. The second kappa shape index (κ2) is 5.88. The molecule has 0 aliphatic heterocycles. The van der Waals surface area contributed by atoms with Gasteiger partial charge >= 0.3 is 0 Å². The van der Waals surface area contributed by atoms with Crippen LogP contribution in [0.1, 0.15) is 22.7 Å². The monoisotopic (exact) mass is 295 g/mol. The molecule has 0 radical (unpaired) electrons. The van der Waals surface area contributed by atoms with Gasteiger partial charge in [-0.25, -0.2) is 0 Å². The third-order valence-corrected chi connectivity index (χ3v) is 4.44. The highest BCUT2D eigenvalue weighted by Crippen LogP contribution is 2.27. The summed E-state index contributed by atoms with van der Waals surface area (Å²) in [5, 5.41) is 3.31. The maximum absolute atomic E-state index is 6.43. The highest BCUT2D eigenvalue weighted by atomic mass is 35.5. The molecule has 1 unspecified atom stereocenters. The van der Waals surface area contributed by atoms with Crippen molar-refractivity contribution in [1.29, 1.82) is 0 Å². The Labute approximate surface area is 130 Å². The molecule has 21 heavy (non-hydrogen) atoms. The number of nitrogens with two attached hydrogens (primary N) is 1. The lowest BCUT2D eigenvalue weighted by molar-refractivity contribution is 0.720. The molecule has 0 heterocycles. The fourth-order valence-electron chi connectivity index (χ4n) is 2.84. The van der Waals surface area contributed by atoms with Crippen LogP contribution in [0.5, 0.6) is 0 Å². The summed E-state index contributed by atoms with van der Waals surface area (Å²) in [5.41, 5.74) is 9.90. The SMILES string of the molecule is Cc1c(Cl)cccc1C(N)Cc1cccc2ccccc12. The van der Waals surface area contributed by atoms with Gasteiger partial charge in [-0.3, -0.25) is 0 Å². The van der Waals surface area contributed by atoms with E-state index in [9.17, 15) is 0 Å². The smallest absolute Gasteiger partial charge is 0.0438 e. The second-order valence-electron chi connectivity index (χ2n) is 5.40. The van der Waals surface area contributed by atoms with Crippen LogP contribution in [0.2, 0.25) is 5.02 Å². The van der Waals surface area contributed by atoms with Gasteiger partial charge < -0.3 is 5.73 Å². The predicted octanol–water partition coefficient (Wildman–Crippen LogP) is 5.04. The molecule has 0 bridgehead atoms. The van der Waals surface area contributed by atoms with Gasteiger partial charge in [0.15, 0.2) is 0 Å². The summed E-state index contributed by atoms with van der Waals surface area (Å²) in [5.74, 6) is 0. The largest absolute Gasteiger partial charge is 0.324 e. The van der Waals surface area contributed by atoms with E-state index in [2.05, 4.69) is 48.5 Å². The maximum Gasteiger partial charge on any atom is 0.0438 e. The van der Waals surface area contributed by atoms with Gasteiger partial charge in [-0.05, 0) is 46.9 Å². The molecule has 0 aliphatic carbocycles. The number of rotatable bonds is 3. The minimum Gasteiger partial charge on any atom is -0.324 e. The van der Waals surface area contributed by atoms with Crippen molar-refractivity contribution in [2.75, 3.05) is 0 Å². The van der Waals surface area contributed by atoms with Crippen molar-refractivity contribution in [2.45, 2.75) is 19.4 Å². The van der Waals surface area contributed by atoms with E-state index >= 15 is 0 Å². The van der Waals surface area contributed by atoms with Crippen LogP contribution in [0.4, 0.5) is 0 Å². The Kier molecular flexibility index (Phi) is 3.96. The predicted molar refractivity (Wildman–Crippen MR) is 90.8 cm³/mol. The first-order valence-electron chi connectivity index (χ1n) is 7.14. The molecule has 0 aromatic heterocycles. The Morgan fingerprint density at radius 2 is 1.67 bits per heavy atom. The Bertz CT molecular complexity index is 774. The Morgan fingerprint density at radius 1 is 0.952 bits per heavy atom. The molecule has 106 valence electrons. The summed E-state index contributed by atoms with van der Waals surface area (Å²) < 4.78 is 0. The molecule has 3 rings (SSSR count). The fourth-order valence-corrected chi connectivity index (χ4v) is 3.03. The van der Waals surface area contributed by atoms with Crippen LogP contribution in [-0.4, -0.2) is 0 Å². The van der Waals surface area contributed by atoms with E-state index in [4.69, 9.17) is 17.3 Å². The van der Waals surface area contributed by atoms with Crippen LogP contribution in [0.15, 0.2) is 60.7 Å². The van der Waals surface area contributed by atoms with E-state index in [0.29, 0.717) is 0 Å². The molecule has 0 spiro atoms. The maximum atomic E-state index is 6.43. The van der Waals surface area contributed by atoms with Crippen LogP contribution in [-0.2, 0) is 6.42 Å². The minimum atomic E-state index is -0.0468. The van der Waals surface area contributed by atoms with Crippen LogP contribution >= 0.6 is 11.6 Å². The zero-order valence-corrected chi connectivity index (χ0v) is 12.8. The van der Waals surface area contributed by atoms with Gasteiger partial charge in [0, 0.05) is 11.1 Å². The minimum absolute atomic E-state index is 0.0468. The van der Waals surface area contributed by atoms with Gasteiger partial charge in [-0.2, -0.15) is 0 Å². The Hall–Kier alpha value is -1.83. The normalized spacial score (nSPS) is 12.5. The van der Waals surface area contributed by atoms with E-state index in [-0.39, 0.29) is 6.04 Å². The van der Waals surface area contributed by atoms with Gasteiger partial charge in [-0.15, -0.1) is 0 Å². The first kappa shape index (κ1) is 14.1. The van der Waals surface area contributed by atoms with Gasteiger partial charge in [0.2, 0.25) is 0 Å². The van der Waals surface area contributed by atoms with Crippen molar-refractivity contribution >= 4 is 22.4 Å². The van der Waals surface area contributed by atoms with Crippen molar-refractivity contribution in [3.8, 4) is 0 Å². The van der Waals surface area contributed by atoms with Crippen LogP contribution in [0.3, 0.4) is 0 Å². The van der Waals surface area contributed by atoms with Crippen molar-refractivity contribution in [2.24, 2.45) is 5.73 Å². The Balaban J connectivity index is 1.97. The summed E-state index contributed by atoms with van der Waals surface area (Å²) in [6.45, 7) is 2.03. The molecule has 0 fully saturated rings. The summed E-state index contributed by atoms with van der Waals surface area (Å²) in [4.78, 5) is 0. The average molecular weight is 296 g/mol. The molecule has 1 nitrogen and oxygen atoms in total. The zero-order valence-electron chi connectivity index (χ0n) is 12.0. The number of fused-ring (bicyclic) bond motifs is 1. The summed E-state index contributed by atoms with van der Waals surface area (Å²) in [6.07, 6.45) is 0.808. The van der Waals surface area contributed by atoms with Gasteiger partial charge in [0.1, 0.15) is 0 Å². The lowest BCUT2D eigenvalue weighted by atomic mass is 9.93. The van der Waals surface area contributed by atoms with E-state index in [1.807, 2.05) is 19.1 Å². The molecule has 0 aliphatic rings. The number of benzene rings is 3. The topological polar surface area (TPSA) is 26.0 Å². The summed E-state index contributed by atoms with van der Waals surface area (Å²) in [6, 6.07) is 20.7. The molecule has 0 saturated heterocycles. The first-order chi connectivity index (χ1) is 10.2. The second-order valence-corrected chi connectivity index (χ2v) is 5.81. The van der Waals surface area contributed by atoms with Crippen LogP contribution in [0.25, 0.3) is 10.8 Å². The van der Waals surface area contributed by atoms with E-state index < -0.39 is 0 Å². The standard InChI is InChI=1S/C19H18ClN/c1-13-16(10-5-11-18(13)20)19(21)12-15-8-4-7-14-6-2-3-9-17(14)15/h2-11,19H,12,21H2,1H3. The number of hydrogen-bond donors (Lipinski definition) is 1. The van der Waals surface area contributed by atoms with Gasteiger partial charge in [-0.1, -0.05) is 66.2 Å². The first-order valence-corrected chi connectivity index (χ1v) is 7.52. The summed E-state index contributed by atoms with van der Waals surface area (Å²) >= 11 is 6.20. The van der Waals surface area contributed by atoms with Crippen molar-refractivity contribution < 1.29 is 0 Å². The molecule has 3 aromatic carbocycles. The lowest BCUT2D eigenvalue weighted by Gasteiger charge is -2.17. The van der Waals surface area contributed by atoms with Gasteiger partial charge in [0.05, 0.1) is 0 Å². The van der Waals surface area contributed by atoms with Crippen LogP contribution in [0, 0.1) is 6.92 Å². The summed E-state index contributed by atoms with van der Waals surface area (Å²) in [7, 11) is 0. The van der Waals surface area contributed by atoms with E-state index in [1.165, 1.54) is 16.3 Å². The highest BCUT2D eigenvalue weighted by Gasteiger charge is 2.12. The number of halogens is 1. The quantitative estimate of drug-likeness (QED) is 0.719. The molecule has 1 atom stereocenters. The van der Waals surface area contributed by atoms with Crippen molar-refractivity contribution in [3.05, 3.63) is 82.4 Å². The van der Waals surface area contributed by atoms with Crippen molar-refractivity contribution in [3.63, 3.8) is 0 Å². The molecular formula is C19H18ClN. The third kappa shape index (κ3) is 2.80. The van der Waals surface area contributed by atoms with Gasteiger partial charge in [0.25, 0.3) is 0 Å². The van der Waals surface area contributed by atoms with E-state index in [0.717, 1.165) is 22.6 Å². The van der Waals surface area contributed by atoms with Crippen LogP contribution < -0.4 is 5.73 Å². The van der Waals surface area contributed by atoms with Crippen molar-refractivity contribution in [1.82, 2.24) is 0 Å². The molecular weight excluding hydrogens is 278 g/mol. The molecule has 2 N–H and O–H groups in total. The number of hydrogen-bond acceptors (Lipinski definition) is 1. The molecule has 3 aromatic rings. The fraction of sp³-hybridized carbons (Fsp3) is 0.158. The Morgan fingerprint density at radius 3 is 2.52 bits per heavy atom. The zero-order chi connectivity index (χ0) is 14.8. The highest BCUT2D eigenvalue weighted by molar-refractivity contribution is 6.31. The molecule has 0 amide bonds. The van der Waals surface area contributed by atoms with E-state index in [1.54, 1.807) is 0 Å². The third-order valence-electron chi connectivity index (χ3n) is 4.03. The average Bonchev–Trinajstić information content (AvgIpc) is 2.50.